The number of ether oxygens (including phenoxy) is 1. The van der Waals surface area contributed by atoms with Crippen LogP contribution in [0, 0.1) is 5.82 Å². The molecule has 0 aliphatic carbocycles. The molecule has 0 saturated carbocycles. The summed E-state index contributed by atoms with van der Waals surface area (Å²) in [6, 6.07) is 8.87. The van der Waals surface area contributed by atoms with E-state index in [1.54, 1.807) is 12.1 Å². The molecule has 3 rings (SSSR count). The number of rotatable bonds is 6. The Morgan fingerprint density at radius 3 is 2.68 bits per heavy atom. The van der Waals surface area contributed by atoms with Crippen LogP contribution in [0.4, 0.5) is 9.52 Å². The average molecular weight is 361 g/mol. The predicted octanol–water partition coefficient (Wildman–Crippen LogP) is 4.22. The largest absolute Gasteiger partial charge is 0.486 e. The second-order valence-electron chi connectivity index (χ2n) is 5.56. The Morgan fingerprint density at radius 1 is 1.24 bits per heavy atom. The minimum Gasteiger partial charge on any atom is -0.486 e. The Bertz CT molecular complexity index is 858. The molecule has 1 amide bonds. The minimum atomic E-state index is -0.403. The molecule has 0 spiro atoms. The number of nitrogens with zero attached hydrogens (tertiary/aromatic N) is 2. The molecule has 0 atom stereocenters. The van der Waals surface area contributed by atoms with E-state index in [4.69, 9.17) is 9.15 Å². The highest BCUT2D eigenvalue weighted by atomic mass is 32.1. The summed E-state index contributed by atoms with van der Waals surface area (Å²) in [5.41, 5.74) is 0. The van der Waals surface area contributed by atoms with Crippen LogP contribution in [0.1, 0.15) is 41.1 Å². The molecule has 1 aromatic carbocycles. The quantitative estimate of drug-likeness (QED) is 0.711. The maximum atomic E-state index is 12.8. The van der Waals surface area contributed by atoms with Gasteiger partial charge in [0.15, 0.2) is 5.76 Å². The Hall–Kier alpha value is -2.74. The number of halogens is 1. The zero-order chi connectivity index (χ0) is 17.8. The highest BCUT2D eigenvalue weighted by molar-refractivity contribution is 7.15. The maximum absolute atomic E-state index is 12.8. The van der Waals surface area contributed by atoms with Gasteiger partial charge in [-0.25, -0.2) is 4.39 Å². The summed E-state index contributed by atoms with van der Waals surface area (Å²) in [5.74, 6) is 0.663. The number of anilines is 1. The summed E-state index contributed by atoms with van der Waals surface area (Å²) in [4.78, 5) is 12.2. The molecule has 3 aromatic rings. The van der Waals surface area contributed by atoms with Crippen LogP contribution in [0.5, 0.6) is 5.75 Å². The van der Waals surface area contributed by atoms with Crippen molar-refractivity contribution in [3.63, 3.8) is 0 Å². The van der Waals surface area contributed by atoms with E-state index in [1.807, 2.05) is 13.8 Å². The lowest BCUT2D eigenvalue weighted by atomic mass is 10.2. The van der Waals surface area contributed by atoms with Gasteiger partial charge in [-0.15, -0.1) is 10.2 Å². The van der Waals surface area contributed by atoms with Gasteiger partial charge in [0.2, 0.25) is 5.13 Å². The van der Waals surface area contributed by atoms with E-state index in [1.165, 1.54) is 35.6 Å². The van der Waals surface area contributed by atoms with Crippen molar-refractivity contribution in [3.05, 3.63) is 58.7 Å². The van der Waals surface area contributed by atoms with Crippen LogP contribution in [0.2, 0.25) is 0 Å². The van der Waals surface area contributed by atoms with Gasteiger partial charge >= 0.3 is 0 Å². The van der Waals surface area contributed by atoms with Gasteiger partial charge in [-0.1, -0.05) is 25.2 Å². The van der Waals surface area contributed by atoms with Gasteiger partial charge in [0.05, 0.1) is 0 Å². The summed E-state index contributed by atoms with van der Waals surface area (Å²) in [6.07, 6.45) is 0. The third-order valence-corrected chi connectivity index (χ3v) is 4.37. The Labute approximate surface area is 147 Å². The third-order valence-electron chi connectivity index (χ3n) is 3.24. The lowest BCUT2D eigenvalue weighted by Gasteiger charge is -2.03. The van der Waals surface area contributed by atoms with Crippen molar-refractivity contribution < 1.29 is 18.3 Å². The van der Waals surface area contributed by atoms with E-state index >= 15 is 0 Å². The first-order chi connectivity index (χ1) is 12.0. The van der Waals surface area contributed by atoms with Crippen molar-refractivity contribution in [2.24, 2.45) is 0 Å². The molecule has 25 heavy (non-hydrogen) atoms. The molecule has 0 fully saturated rings. The van der Waals surface area contributed by atoms with Gasteiger partial charge < -0.3 is 9.15 Å². The molecule has 2 heterocycles. The van der Waals surface area contributed by atoms with Crippen LogP contribution in [0.15, 0.2) is 40.8 Å². The first-order valence-corrected chi connectivity index (χ1v) is 8.45. The topological polar surface area (TPSA) is 77.2 Å². The van der Waals surface area contributed by atoms with Crippen molar-refractivity contribution in [1.82, 2.24) is 10.2 Å². The van der Waals surface area contributed by atoms with Gasteiger partial charge in [-0.05, 0) is 36.4 Å². The van der Waals surface area contributed by atoms with Gasteiger partial charge in [0, 0.05) is 5.92 Å². The molecule has 0 aliphatic rings. The van der Waals surface area contributed by atoms with E-state index in [0.29, 0.717) is 16.6 Å². The molecule has 0 saturated heterocycles. The smallest absolute Gasteiger partial charge is 0.293 e. The Kier molecular flexibility index (Phi) is 5.08. The van der Waals surface area contributed by atoms with E-state index in [9.17, 15) is 9.18 Å². The lowest BCUT2D eigenvalue weighted by molar-refractivity contribution is 0.0992. The fraction of sp³-hybridized carbons (Fsp3) is 0.235. The van der Waals surface area contributed by atoms with Crippen LogP contribution in [0.25, 0.3) is 0 Å². The van der Waals surface area contributed by atoms with Crippen LogP contribution in [0.3, 0.4) is 0 Å². The van der Waals surface area contributed by atoms with Gasteiger partial charge in [-0.2, -0.15) is 0 Å². The van der Waals surface area contributed by atoms with Crippen molar-refractivity contribution in [1.29, 1.82) is 0 Å². The number of aromatic nitrogens is 2. The second kappa shape index (κ2) is 7.43. The summed E-state index contributed by atoms with van der Waals surface area (Å²) in [7, 11) is 0. The number of hydrogen-bond acceptors (Lipinski definition) is 6. The number of carbonyl (C=O) groups excluding carboxylic acids is 1. The highest BCUT2D eigenvalue weighted by Crippen LogP contribution is 2.23. The number of hydrogen-bond donors (Lipinski definition) is 1. The molecular formula is C17H16FN3O3S. The number of furan rings is 1. The van der Waals surface area contributed by atoms with E-state index in [2.05, 4.69) is 15.5 Å². The number of nitrogens with one attached hydrogen (secondary N) is 1. The second-order valence-corrected chi connectivity index (χ2v) is 6.57. The van der Waals surface area contributed by atoms with Crippen LogP contribution in [-0.4, -0.2) is 16.1 Å². The van der Waals surface area contributed by atoms with E-state index < -0.39 is 5.91 Å². The molecular weight excluding hydrogens is 345 g/mol. The molecule has 1 N–H and O–H groups in total. The normalized spacial score (nSPS) is 10.9. The maximum Gasteiger partial charge on any atom is 0.293 e. The molecule has 130 valence electrons. The van der Waals surface area contributed by atoms with Gasteiger partial charge in [0.1, 0.15) is 28.9 Å². The van der Waals surface area contributed by atoms with Crippen molar-refractivity contribution in [2.75, 3.05) is 5.32 Å². The van der Waals surface area contributed by atoms with Crippen molar-refractivity contribution in [2.45, 2.75) is 26.4 Å². The first kappa shape index (κ1) is 17.1. The Morgan fingerprint density at radius 2 is 2.00 bits per heavy atom. The third kappa shape index (κ3) is 4.42. The van der Waals surface area contributed by atoms with Gasteiger partial charge in [0.25, 0.3) is 5.91 Å². The molecule has 6 nitrogen and oxygen atoms in total. The van der Waals surface area contributed by atoms with E-state index in [0.717, 1.165) is 5.01 Å². The van der Waals surface area contributed by atoms with Crippen molar-refractivity contribution >= 4 is 22.4 Å². The standard InChI is InChI=1S/C17H16FN3O3S/c1-10(2)16-20-21-17(25-16)19-15(22)14-8-7-13(24-14)9-23-12-5-3-11(18)4-6-12/h3-8,10H,9H2,1-2H3,(H,19,21,22). The van der Waals surface area contributed by atoms with E-state index in [-0.39, 0.29) is 24.1 Å². The van der Waals surface area contributed by atoms with Crippen LogP contribution in [-0.2, 0) is 6.61 Å². The van der Waals surface area contributed by atoms with Crippen LogP contribution >= 0.6 is 11.3 Å². The Balaban J connectivity index is 1.58. The molecule has 0 bridgehead atoms. The minimum absolute atomic E-state index is 0.134. The summed E-state index contributed by atoms with van der Waals surface area (Å²) < 4.78 is 23.8. The molecule has 2 aromatic heterocycles. The number of amides is 1. The molecule has 0 radical (unpaired) electrons. The summed E-state index contributed by atoms with van der Waals surface area (Å²) in [5, 5.41) is 11.9. The average Bonchev–Trinajstić information content (AvgIpc) is 3.23. The molecule has 8 heteroatoms. The fourth-order valence-corrected chi connectivity index (χ4v) is 2.68. The predicted molar refractivity (Wildman–Crippen MR) is 91.4 cm³/mol. The summed E-state index contributed by atoms with van der Waals surface area (Å²) in [6.45, 7) is 4.15. The zero-order valence-corrected chi connectivity index (χ0v) is 14.5. The SMILES string of the molecule is CC(C)c1nnc(NC(=O)c2ccc(COc3ccc(F)cc3)o2)s1. The first-order valence-electron chi connectivity index (χ1n) is 7.63. The molecule has 0 aliphatic heterocycles. The van der Waals surface area contributed by atoms with Gasteiger partial charge in [-0.3, -0.25) is 10.1 Å². The fourth-order valence-electron chi connectivity index (χ4n) is 1.94. The van der Waals surface area contributed by atoms with Crippen molar-refractivity contribution in [3.8, 4) is 5.75 Å². The highest BCUT2D eigenvalue weighted by Gasteiger charge is 2.15. The zero-order valence-electron chi connectivity index (χ0n) is 13.7. The number of carbonyl (C=O) groups is 1. The summed E-state index contributed by atoms with van der Waals surface area (Å²) >= 11 is 1.33. The number of benzene rings is 1. The lowest BCUT2D eigenvalue weighted by Crippen LogP contribution is -2.10. The monoisotopic (exact) mass is 361 g/mol. The van der Waals surface area contributed by atoms with Crippen LogP contribution < -0.4 is 10.1 Å². The molecule has 0 unspecified atom stereocenters.